The van der Waals surface area contributed by atoms with Crippen LogP contribution in [0.25, 0.3) is 0 Å². The van der Waals surface area contributed by atoms with E-state index in [9.17, 15) is 14.7 Å². The van der Waals surface area contributed by atoms with Gasteiger partial charge in [0.2, 0.25) is 0 Å². The molecule has 1 aliphatic carbocycles. The lowest BCUT2D eigenvalue weighted by Gasteiger charge is -2.04. The first-order valence-corrected chi connectivity index (χ1v) is 5.10. The van der Waals surface area contributed by atoms with Crippen molar-refractivity contribution < 1.29 is 19.4 Å². The molecule has 0 saturated heterocycles. The maximum atomic E-state index is 11.4. The van der Waals surface area contributed by atoms with Gasteiger partial charge in [-0.2, -0.15) is 0 Å². The number of benzene rings is 1. The highest BCUT2D eigenvalue weighted by Gasteiger charge is 2.45. The van der Waals surface area contributed by atoms with Crippen LogP contribution in [0, 0.1) is 11.8 Å². The zero-order valence-electron chi connectivity index (χ0n) is 8.59. The average molecular weight is 219 g/mol. The molecule has 16 heavy (non-hydrogen) atoms. The molecule has 0 spiro atoms. The predicted octanol–water partition coefficient (Wildman–Crippen LogP) is 0.116. The van der Waals surface area contributed by atoms with Crippen LogP contribution < -0.4 is 5.11 Å². The number of rotatable bonds is 4. The van der Waals surface area contributed by atoms with E-state index in [-0.39, 0.29) is 6.61 Å². The highest BCUT2D eigenvalue weighted by molar-refractivity contribution is 5.85. The van der Waals surface area contributed by atoms with Crippen LogP contribution in [0.3, 0.4) is 0 Å². The zero-order valence-corrected chi connectivity index (χ0v) is 8.59. The molecule has 2 rings (SSSR count). The van der Waals surface area contributed by atoms with Crippen LogP contribution in [0.4, 0.5) is 0 Å². The molecule has 0 heterocycles. The Bertz CT molecular complexity index is 399. The number of esters is 1. The number of carbonyl (C=O) groups is 2. The van der Waals surface area contributed by atoms with Crippen LogP contribution in [0.2, 0.25) is 0 Å². The minimum atomic E-state index is -1.17. The van der Waals surface area contributed by atoms with E-state index in [1.807, 2.05) is 30.3 Å². The Morgan fingerprint density at radius 3 is 2.50 bits per heavy atom. The maximum absolute atomic E-state index is 11.4. The molecule has 1 aliphatic rings. The van der Waals surface area contributed by atoms with Gasteiger partial charge in [0.05, 0.1) is 5.92 Å². The number of aliphatic carboxylic acids is 1. The summed E-state index contributed by atoms with van der Waals surface area (Å²) in [5, 5.41) is 10.4. The van der Waals surface area contributed by atoms with Crippen molar-refractivity contribution in [2.24, 2.45) is 11.8 Å². The van der Waals surface area contributed by atoms with Crippen molar-refractivity contribution in [1.29, 1.82) is 0 Å². The lowest BCUT2D eigenvalue weighted by atomic mass is 10.2. The minimum absolute atomic E-state index is 0.190. The fraction of sp³-hybridized carbons (Fsp3) is 0.333. The molecule has 1 fully saturated rings. The van der Waals surface area contributed by atoms with E-state index in [2.05, 4.69) is 0 Å². The molecule has 0 radical (unpaired) electrons. The summed E-state index contributed by atoms with van der Waals surface area (Å²) >= 11 is 0. The Labute approximate surface area is 92.8 Å². The van der Waals surface area contributed by atoms with Crippen molar-refractivity contribution in [3.05, 3.63) is 35.9 Å². The van der Waals surface area contributed by atoms with E-state index in [4.69, 9.17) is 4.74 Å². The quantitative estimate of drug-likeness (QED) is 0.674. The van der Waals surface area contributed by atoms with E-state index >= 15 is 0 Å². The second-order valence-electron chi connectivity index (χ2n) is 3.86. The second kappa shape index (κ2) is 4.35. The summed E-state index contributed by atoms with van der Waals surface area (Å²) in [7, 11) is 0. The van der Waals surface area contributed by atoms with E-state index in [1.54, 1.807) is 0 Å². The van der Waals surface area contributed by atoms with Crippen molar-refractivity contribution >= 4 is 11.9 Å². The van der Waals surface area contributed by atoms with Crippen molar-refractivity contribution in [1.82, 2.24) is 0 Å². The van der Waals surface area contributed by atoms with Gasteiger partial charge in [-0.1, -0.05) is 30.3 Å². The molecule has 0 unspecified atom stereocenters. The summed E-state index contributed by atoms with van der Waals surface area (Å²) in [5.41, 5.74) is 0.890. The molecular formula is C12H11O4-. The standard InChI is InChI=1S/C12H12O4/c13-11(14)9-6-10(9)12(15)16-7-8-4-2-1-3-5-8/h1-5,9-10H,6-7H2,(H,13,14)/p-1/t9-,10+/m1/s1. The number of hydrogen-bond donors (Lipinski definition) is 0. The van der Waals surface area contributed by atoms with Gasteiger partial charge in [-0.25, -0.2) is 0 Å². The van der Waals surface area contributed by atoms with Crippen LogP contribution in [0.15, 0.2) is 30.3 Å². The van der Waals surface area contributed by atoms with Gasteiger partial charge in [0.25, 0.3) is 0 Å². The maximum Gasteiger partial charge on any atom is 0.309 e. The smallest absolute Gasteiger partial charge is 0.309 e. The minimum Gasteiger partial charge on any atom is -0.550 e. The third kappa shape index (κ3) is 2.39. The number of ether oxygens (including phenoxy) is 1. The Kier molecular flexibility index (Phi) is 2.90. The van der Waals surface area contributed by atoms with Gasteiger partial charge < -0.3 is 14.6 Å². The van der Waals surface area contributed by atoms with Crippen LogP contribution in [-0.4, -0.2) is 11.9 Å². The van der Waals surface area contributed by atoms with Gasteiger partial charge in [0.15, 0.2) is 0 Å². The van der Waals surface area contributed by atoms with Crippen molar-refractivity contribution in [3.63, 3.8) is 0 Å². The van der Waals surface area contributed by atoms with Gasteiger partial charge in [0, 0.05) is 11.9 Å². The van der Waals surface area contributed by atoms with E-state index in [0.29, 0.717) is 6.42 Å². The first-order chi connectivity index (χ1) is 7.68. The molecule has 1 aromatic carbocycles. The number of carbonyl (C=O) groups excluding carboxylic acids is 2. The molecule has 4 heteroatoms. The summed E-state index contributed by atoms with van der Waals surface area (Å²) in [6.45, 7) is 0.190. The normalized spacial score (nSPS) is 22.5. The highest BCUT2D eigenvalue weighted by Crippen LogP contribution is 2.39. The molecule has 0 bridgehead atoms. The van der Waals surface area contributed by atoms with Crippen LogP contribution in [0.1, 0.15) is 12.0 Å². The number of carboxylic acids is 1. The molecule has 1 saturated carbocycles. The molecule has 4 nitrogen and oxygen atoms in total. The topological polar surface area (TPSA) is 66.4 Å². The lowest BCUT2D eigenvalue weighted by molar-refractivity contribution is -0.308. The molecule has 0 aliphatic heterocycles. The third-order valence-electron chi connectivity index (χ3n) is 2.62. The summed E-state index contributed by atoms with van der Waals surface area (Å²) in [6.07, 6.45) is 0.343. The molecule has 84 valence electrons. The largest absolute Gasteiger partial charge is 0.550 e. The fourth-order valence-electron chi connectivity index (χ4n) is 1.55. The first kappa shape index (κ1) is 10.7. The monoisotopic (exact) mass is 219 g/mol. The Morgan fingerprint density at radius 2 is 1.94 bits per heavy atom. The highest BCUT2D eigenvalue weighted by atomic mass is 16.5. The molecule has 2 atom stereocenters. The van der Waals surface area contributed by atoms with E-state index in [0.717, 1.165) is 5.56 Å². The second-order valence-corrected chi connectivity index (χ2v) is 3.86. The van der Waals surface area contributed by atoms with Crippen molar-refractivity contribution in [2.45, 2.75) is 13.0 Å². The van der Waals surface area contributed by atoms with E-state index in [1.165, 1.54) is 0 Å². The summed E-state index contributed by atoms with van der Waals surface area (Å²) < 4.78 is 5.00. The molecular weight excluding hydrogens is 208 g/mol. The number of carboxylic acid groups (broad SMARTS) is 1. The average Bonchev–Trinajstić information content (AvgIpc) is 3.07. The van der Waals surface area contributed by atoms with Crippen molar-refractivity contribution in [3.8, 4) is 0 Å². The predicted molar refractivity (Wildman–Crippen MR) is 52.8 cm³/mol. The molecule has 0 amide bonds. The Hall–Kier alpha value is -1.84. The van der Waals surface area contributed by atoms with Crippen LogP contribution in [0.5, 0.6) is 0 Å². The third-order valence-corrected chi connectivity index (χ3v) is 2.62. The lowest BCUT2D eigenvalue weighted by Crippen LogP contribution is -2.26. The van der Waals surface area contributed by atoms with Gasteiger partial charge in [-0.3, -0.25) is 4.79 Å². The van der Waals surface area contributed by atoms with Crippen LogP contribution in [-0.2, 0) is 20.9 Å². The molecule has 1 aromatic rings. The van der Waals surface area contributed by atoms with Crippen molar-refractivity contribution in [2.75, 3.05) is 0 Å². The van der Waals surface area contributed by atoms with Gasteiger partial charge >= 0.3 is 5.97 Å². The first-order valence-electron chi connectivity index (χ1n) is 5.10. The Balaban J connectivity index is 1.80. The summed E-state index contributed by atoms with van der Waals surface area (Å²) in [5.74, 6) is -2.77. The van der Waals surface area contributed by atoms with E-state index < -0.39 is 23.8 Å². The van der Waals surface area contributed by atoms with Crippen LogP contribution >= 0.6 is 0 Å². The van der Waals surface area contributed by atoms with Gasteiger partial charge in [-0.05, 0) is 12.0 Å². The molecule has 0 aromatic heterocycles. The molecule has 0 N–H and O–H groups in total. The summed E-state index contributed by atoms with van der Waals surface area (Å²) in [4.78, 5) is 21.8. The van der Waals surface area contributed by atoms with Gasteiger partial charge in [0.1, 0.15) is 6.61 Å². The summed E-state index contributed by atoms with van der Waals surface area (Å²) in [6, 6.07) is 9.26. The van der Waals surface area contributed by atoms with Gasteiger partial charge in [-0.15, -0.1) is 0 Å². The SMILES string of the molecule is O=C(OCc1ccccc1)[C@H]1C[C@H]1C(=O)[O-]. The fourth-order valence-corrected chi connectivity index (χ4v) is 1.55. The number of hydrogen-bond acceptors (Lipinski definition) is 4. The Morgan fingerprint density at radius 1 is 1.25 bits per heavy atom. The zero-order chi connectivity index (χ0) is 11.5.